The number of nitrogens with one attached hydrogen (secondary N) is 1. The van der Waals surface area contributed by atoms with Gasteiger partial charge in [-0.3, -0.25) is 0 Å². The topological polar surface area (TPSA) is 101 Å². The summed E-state index contributed by atoms with van der Waals surface area (Å²) in [5.41, 5.74) is 0.406. The fourth-order valence-electron chi connectivity index (χ4n) is 2.80. The fraction of sp³-hybridized carbons (Fsp3) is 0.500. The van der Waals surface area contributed by atoms with Crippen molar-refractivity contribution < 1.29 is 12.9 Å². The molecule has 2 aromatic rings. The van der Waals surface area contributed by atoms with Crippen LogP contribution < -0.4 is 5.32 Å². The second-order valence-corrected chi connectivity index (χ2v) is 7.45. The van der Waals surface area contributed by atoms with Gasteiger partial charge in [0.05, 0.1) is 0 Å². The zero-order valence-corrected chi connectivity index (χ0v) is 13.9. The van der Waals surface area contributed by atoms with Crippen LogP contribution in [-0.2, 0) is 10.0 Å². The van der Waals surface area contributed by atoms with Crippen LogP contribution in [0.1, 0.15) is 24.3 Å². The molecule has 3 heterocycles. The predicted octanol–water partition coefficient (Wildman–Crippen LogP) is 1.35. The molecule has 0 saturated carbocycles. The third-order valence-electron chi connectivity index (χ3n) is 3.95. The van der Waals surface area contributed by atoms with Crippen LogP contribution in [0.15, 0.2) is 28.0 Å². The van der Waals surface area contributed by atoms with Crippen molar-refractivity contribution in [3.05, 3.63) is 30.0 Å². The summed E-state index contributed by atoms with van der Waals surface area (Å²) < 4.78 is 32.0. The molecular weight excluding hydrogens is 318 g/mol. The van der Waals surface area contributed by atoms with Gasteiger partial charge in [-0.1, -0.05) is 5.16 Å². The Hall–Kier alpha value is -2.00. The molecule has 0 unspecified atom stereocenters. The standard InChI is InChI=1S/C14H19N5O3S/c1-10-14(11(2)22-18-10)23(20,21)19-7-4-12(5-8-19)17-13-3-6-15-9-16-13/h3,6,9,12H,4-5,7-8H2,1-2H3,(H,15,16,17). The van der Waals surface area contributed by atoms with E-state index in [0.717, 1.165) is 5.82 Å². The lowest BCUT2D eigenvalue weighted by Gasteiger charge is -2.31. The third-order valence-corrected chi connectivity index (χ3v) is 6.10. The number of aryl methyl sites for hydroxylation is 2. The van der Waals surface area contributed by atoms with Crippen LogP contribution >= 0.6 is 0 Å². The zero-order valence-electron chi connectivity index (χ0n) is 13.1. The lowest BCUT2D eigenvalue weighted by Crippen LogP contribution is -2.42. The van der Waals surface area contributed by atoms with Crippen LogP contribution in [0.4, 0.5) is 5.82 Å². The number of sulfonamides is 1. The minimum atomic E-state index is -3.55. The minimum absolute atomic E-state index is 0.194. The van der Waals surface area contributed by atoms with Gasteiger partial charge in [-0.15, -0.1) is 0 Å². The van der Waals surface area contributed by atoms with Gasteiger partial charge in [-0.2, -0.15) is 4.31 Å². The first kappa shape index (κ1) is 15.9. The Morgan fingerprint density at radius 1 is 1.30 bits per heavy atom. The summed E-state index contributed by atoms with van der Waals surface area (Å²) in [6.07, 6.45) is 4.59. The maximum atomic E-state index is 12.7. The number of hydrogen-bond acceptors (Lipinski definition) is 7. The molecule has 124 valence electrons. The maximum Gasteiger partial charge on any atom is 0.248 e. The summed E-state index contributed by atoms with van der Waals surface area (Å²) in [4.78, 5) is 8.20. The number of rotatable bonds is 4. The van der Waals surface area contributed by atoms with Crippen LogP contribution in [0.3, 0.4) is 0 Å². The molecule has 2 aromatic heterocycles. The van der Waals surface area contributed by atoms with Gasteiger partial charge in [0.2, 0.25) is 10.0 Å². The van der Waals surface area contributed by atoms with Crippen LogP contribution in [0.2, 0.25) is 0 Å². The first-order chi connectivity index (χ1) is 11.0. The average molecular weight is 337 g/mol. The van der Waals surface area contributed by atoms with Gasteiger partial charge >= 0.3 is 0 Å². The van der Waals surface area contributed by atoms with Crippen LogP contribution in [-0.4, -0.2) is 47.0 Å². The van der Waals surface area contributed by atoms with E-state index in [4.69, 9.17) is 4.52 Å². The lowest BCUT2D eigenvalue weighted by atomic mass is 10.1. The predicted molar refractivity (Wildman–Crippen MR) is 83.4 cm³/mol. The van der Waals surface area contributed by atoms with Gasteiger partial charge in [0.15, 0.2) is 5.76 Å². The molecule has 0 spiro atoms. The highest BCUT2D eigenvalue weighted by atomic mass is 32.2. The summed E-state index contributed by atoms with van der Waals surface area (Å²) in [5.74, 6) is 1.09. The van der Waals surface area contributed by atoms with Crippen LogP contribution in [0.25, 0.3) is 0 Å². The van der Waals surface area contributed by atoms with Gasteiger partial charge in [0.25, 0.3) is 0 Å². The summed E-state index contributed by atoms with van der Waals surface area (Å²) >= 11 is 0. The molecule has 1 N–H and O–H groups in total. The Morgan fingerprint density at radius 2 is 2.04 bits per heavy atom. The van der Waals surface area contributed by atoms with Crippen molar-refractivity contribution in [2.75, 3.05) is 18.4 Å². The largest absolute Gasteiger partial charge is 0.367 e. The number of hydrogen-bond donors (Lipinski definition) is 1. The van der Waals surface area contributed by atoms with Crippen molar-refractivity contribution in [2.45, 2.75) is 37.6 Å². The van der Waals surface area contributed by atoms with Crippen molar-refractivity contribution in [2.24, 2.45) is 0 Å². The molecular formula is C14H19N5O3S. The van der Waals surface area contributed by atoms with E-state index < -0.39 is 10.0 Å². The lowest BCUT2D eigenvalue weighted by molar-refractivity contribution is 0.328. The quantitative estimate of drug-likeness (QED) is 0.898. The molecule has 8 nitrogen and oxygen atoms in total. The second kappa shape index (κ2) is 6.25. The normalized spacial score (nSPS) is 17.3. The first-order valence-corrected chi connectivity index (χ1v) is 8.88. The fourth-order valence-corrected chi connectivity index (χ4v) is 4.56. The monoisotopic (exact) mass is 337 g/mol. The van der Waals surface area contributed by atoms with E-state index in [1.807, 2.05) is 0 Å². The van der Waals surface area contributed by atoms with E-state index in [1.165, 1.54) is 10.6 Å². The Labute approximate surface area is 135 Å². The van der Waals surface area contributed by atoms with Crippen LogP contribution in [0, 0.1) is 13.8 Å². The van der Waals surface area contributed by atoms with Crippen LogP contribution in [0.5, 0.6) is 0 Å². The molecule has 1 saturated heterocycles. The van der Waals surface area contributed by atoms with E-state index in [-0.39, 0.29) is 10.9 Å². The molecule has 9 heteroatoms. The minimum Gasteiger partial charge on any atom is -0.367 e. The summed E-state index contributed by atoms with van der Waals surface area (Å²) in [5, 5.41) is 7.05. The van der Waals surface area contributed by atoms with E-state index in [1.54, 1.807) is 26.1 Å². The van der Waals surface area contributed by atoms with Crippen molar-refractivity contribution >= 4 is 15.8 Å². The smallest absolute Gasteiger partial charge is 0.248 e. The van der Waals surface area contributed by atoms with Gasteiger partial charge in [-0.05, 0) is 32.8 Å². The summed E-state index contributed by atoms with van der Waals surface area (Å²) in [6, 6.07) is 1.99. The number of piperidine rings is 1. The first-order valence-electron chi connectivity index (χ1n) is 7.44. The molecule has 0 bridgehead atoms. The number of anilines is 1. The van der Waals surface area contributed by atoms with Crippen molar-refractivity contribution in [1.82, 2.24) is 19.4 Å². The molecule has 1 aliphatic rings. The Balaban J connectivity index is 1.67. The Bertz CT molecular complexity index is 747. The molecule has 0 atom stereocenters. The molecule has 0 aliphatic carbocycles. The molecule has 23 heavy (non-hydrogen) atoms. The maximum absolute atomic E-state index is 12.7. The van der Waals surface area contributed by atoms with E-state index >= 15 is 0 Å². The Morgan fingerprint density at radius 3 is 2.61 bits per heavy atom. The molecule has 0 radical (unpaired) electrons. The summed E-state index contributed by atoms with van der Waals surface area (Å²) in [7, 11) is -3.55. The Kier molecular flexibility index (Phi) is 4.31. The third kappa shape index (κ3) is 3.20. The van der Waals surface area contributed by atoms with E-state index in [0.29, 0.717) is 37.4 Å². The highest BCUT2D eigenvalue weighted by molar-refractivity contribution is 7.89. The number of nitrogens with zero attached hydrogens (tertiary/aromatic N) is 4. The van der Waals surface area contributed by atoms with Crippen molar-refractivity contribution in [1.29, 1.82) is 0 Å². The molecule has 1 fully saturated rings. The molecule has 0 amide bonds. The van der Waals surface area contributed by atoms with Gasteiger partial charge in [0, 0.05) is 25.3 Å². The van der Waals surface area contributed by atoms with Gasteiger partial charge in [0.1, 0.15) is 22.7 Å². The highest BCUT2D eigenvalue weighted by Crippen LogP contribution is 2.26. The molecule has 0 aromatic carbocycles. The second-order valence-electron chi connectivity index (χ2n) is 5.57. The van der Waals surface area contributed by atoms with E-state index in [2.05, 4.69) is 20.4 Å². The van der Waals surface area contributed by atoms with E-state index in [9.17, 15) is 8.42 Å². The van der Waals surface area contributed by atoms with Gasteiger partial charge < -0.3 is 9.84 Å². The SMILES string of the molecule is Cc1noc(C)c1S(=O)(=O)N1CCC(Nc2ccncn2)CC1. The highest BCUT2D eigenvalue weighted by Gasteiger charge is 2.33. The van der Waals surface area contributed by atoms with Crippen molar-refractivity contribution in [3.63, 3.8) is 0 Å². The van der Waals surface area contributed by atoms with Gasteiger partial charge in [-0.25, -0.2) is 18.4 Å². The average Bonchev–Trinajstić information content (AvgIpc) is 2.88. The molecule has 3 rings (SSSR count). The summed E-state index contributed by atoms with van der Waals surface area (Å²) in [6.45, 7) is 4.17. The zero-order chi connectivity index (χ0) is 16.4. The molecule has 1 aliphatic heterocycles. The number of aromatic nitrogens is 3. The van der Waals surface area contributed by atoms with Crippen molar-refractivity contribution in [3.8, 4) is 0 Å².